The Balaban J connectivity index is 1.04. The smallest absolute Gasteiger partial charge is 0.309 e. The van der Waals surface area contributed by atoms with E-state index in [2.05, 4.69) is 4.90 Å². The fourth-order valence-corrected chi connectivity index (χ4v) is 5.21. The van der Waals surface area contributed by atoms with Crippen LogP contribution in [0.4, 0.5) is 8.78 Å². The first-order valence-corrected chi connectivity index (χ1v) is 12.1. The number of benzene rings is 2. The summed E-state index contributed by atoms with van der Waals surface area (Å²) in [5, 5.41) is 0. The average molecular weight is 469 g/mol. The molecule has 0 spiro atoms. The zero-order valence-corrected chi connectivity index (χ0v) is 19.3. The highest BCUT2D eigenvalue weighted by atomic mass is 19.1. The van der Waals surface area contributed by atoms with Crippen molar-refractivity contribution in [3.05, 3.63) is 71.3 Å². The summed E-state index contributed by atoms with van der Waals surface area (Å²) in [5.41, 5.74) is 1.76. The third-order valence-electron chi connectivity index (χ3n) is 7.27. The van der Waals surface area contributed by atoms with Crippen molar-refractivity contribution in [2.24, 2.45) is 11.8 Å². The molecule has 2 aliphatic carbocycles. The number of carbonyl (C=O) groups excluding carboxylic acids is 2. The number of carbonyl (C=O) groups is 2. The summed E-state index contributed by atoms with van der Waals surface area (Å²) in [6.45, 7) is 5.29. The predicted molar refractivity (Wildman–Crippen MR) is 123 cm³/mol. The number of hydrogen-bond donors (Lipinski definition) is 0. The summed E-state index contributed by atoms with van der Waals surface area (Å²) >= 11 is 0. The molecule has 2 saturated carbocycles. The van der Waals surface area contributed by atoms with E-state index in [1.807, 2.05) is 24.0 Å². The largest absolute Gasteiger partial charge is 0.461 e. The lowest BCUT2D eigenvalue weighted by Gasteiger charge is -2.36. The van der Waals surface area contributed by atoms with Crippen LogP contribution in [0.3, 0.4) is 0 Å². The van der Waals surface area contributed by atoms with E-state index in [4.69, 9.17) is 4.74 Å². The Morgan fingerprint density at radius 3 is 2.06 bits per heavy atom. The van der Waals surface area contributed by atoms with Crippen molar-refractivity contribution < 1.29 is 23.1 Å². The van der Waals surface area contributed by atoms with Crippen LogP contribution in [0.15, 0.2) is 48.5 Å². The first-order valence-electron chi connectivity index (χ1n) is 12.1. The molecule has 5 atom stereocenters. The van der Waals surface area contributed by atoms with Crippen molar-refractivity contribution in [1.82, 2.24) is 9.80 Å². The predicted octanol–water partition coefficient (Wildman–Crippen LogP) is 3.95. The maximum atomic E-state index is 13.5. The fourth-order valence-electron chi connectivity index (χ4n) is 5.21. The lowest BCUT2D eigenvalue weighted by molar-refractivity contribution is -0.151. The molecule has 1 heterocycles. The Bertz CT molecular complexity index is 1070. The van der Waals surface area contributed by atoms with Crippen LogP contribution in [0.25, 0.3) is 0 Å². The molecule has 3 aliphatic rings. The Morgan fingerprint density at radius 2 is 1.47 bits per heavy atom. The van der Waals surface area contributed by atoms with Crippen LogP contribution in [0.5, 0.6) is 0 Å². The molecule has 180 valence electrons. The molecule has 2 aromatic rings. The van der Waals surface area contributed by atoms with E-state index in [0.717, 1.165) is 30.6 Å². The number of nitrogens with zero attached hydrogens (tertiary/aromatic N) is 2. The van der Waals surface area contributed by atoms with Gasteiger partial charge in [0.2, 0.25) is 5.91 Å². The zero-order chi connectivity index (χ0) is 23.8. The number of esters is 1. The fraction of sp³-hybridized carbons (Fsp3) is 0.481. The molecule has 1 saturated heterocycles. The molecular formula is C27H30F2N2O3. The first kappa shape index (κ1) is 23.0. The highest BCUT2D eigenvalue weighted by Crippen LogP contribution is 2.49. The summed E-state index contributed by atoms with van der Waals surface area (Å²) in [4.78, 5) is 29.5. The van der Waals surface area contributed by atoms with Crippen LogP contribution in [-0.2, 0) is 14.3 Å². The third kappa shape index (κ3) is 5.14. The van der Waals surface area contributed by atoms with Crippen LogP contribution < -0.4 is 0 Å². The maximum absolute atomic E-state index is 13.5. The quantitative estimate of drug-likeness (QED) is 0.578. The monoisotopic (exact) mass is 468 g/mol. The highest BCUT2D eigenvalue weighted by Gasteiger charge is 2.47. The van der Waals surface area contributed by atoms with Crippen molar-refractivity contribution >= 4 is 11.9 Å². The van der Waals surface area contributed by atoms with Crippen LogP contribution >= 0.6 is 0 Å². The van der Waals surface area contributed by atoms with Crippen molar-refractivity contribution in [2.75, 3.05) is 32.7 Å². The molecule has 34 heavy (non-hydrogen) atoms. The summed E-state index contributed by atoms with van der Waals surface area (Å²) in [5.74, 6) is -0.666. The van der Waals surface area contributed by atoms with E-state index in [0.29, 0.717) is 26.1 Å². The van der Waals surface area contributed by atoms with E-state index in [9.17, 15) is 18.4 Å². The Labute approximate surface area is 198 Å². The van der Waals surface area contributed by atoms with Gasteiger partial charge in [0.25, 0.3) is 0 Å². The lowest BCUT2D eigenvalue weighted by atomic mass is 10.1. The van der Waals surface area contributed by atoms with Gasteiger partial charge in [-0.2, -0.15) is 0 Å². The molecule has 0 N–H and O–H groups in total. The molecule has 5 nitrogen and oxygen atoms in total. The van der Waals surface area contributed by atoms with Gasteiger partial charge in [-0.1, -0.05) is 24.3 Å². The van der Waals surface area contributed by atoms with Gasteiger partial charge in [-0.15, -0.1) is 0 Å². The van der Waals surface area contributed by atoms with Gasteiger partial charge in [-0.25, -0.2) is 8.78 Å². The lowest BCUT2D eigenvalue weighted by Crippen LogP contribution is -2.51. The number of ether oxygens (including phenoxy) is 1. The molecule has 7 heteroatoms. The van der Waals surface area contributed by atoms with Gasteiger partial charge in [0.1, 0.15) is 17.7 Å². The molecular weight excluding hydrogens is 438 g/mol. The standard InChI is InChI=1S/C27H30F2N2O3/c1-17(34-27(33)25-15-23(25)19-5-3-7-21(29)13-19)16-30-8-10-31(11-9-30)26(32)24-14-22(24)18-4-2-6-20(28)12-18/h2-7,12-13,17,22-25H,8-11,14-16H2,1H3. The molecule has 5 rings (SSSR count). The normalized spacial score (nSPS) is 27.2. The van der Waals surface area contributed by atoms with Gasteiger partial charge in [0.05, 0.1) is 5.92 Å². The number of halogens is 2. The van der Waals surface area contributed by atoms with Gasteiger partial charge in [-0.05, 0) is 67.0 Å². The molecule has 0 bridgehead atoms. The highest BCUT2D eigenvalue weighted by molar-refractivity contribution is 5.83. The number of piperazine rings is 1. The molecule has 5 unspecified atom stereocenters. The molecule has 3 fully saturated rings. The summed E-state index contributed by atoms with van der Waals surface area (Å²) in [7, 11) is 0. The van der Waals surface area contributed by atoms with Crippen molar-refractivity contribution in [2.45, 2.75) is 37.7 Å². The number of amides is 1. The second-order valence-electron chi connectivity index (χ2n) is 9.88. The van der Waals surface area contributed by atoms with E-state index in [1.54, 1.807) is 12.1 Å². The topological polar surface area (TPSA) is 49.9 Å². The number of rotatable bonds is 7. The number of hydrogen-bond acceptors (Lipinski definition) is 4. The third-order valence-corrected chi connectivity index (χ3v) is 7.27. The summed E-state index contributed by atoms with van der Waals surface area (Å²) in [6, 6.07) is 13.0. The minimum atomic E-state index is -0.284. The average Bonchev–Trinajstić information content (AvgIpc) is 3.73. The van der Waals surface area contributed by atoms with Crippen molar-refractivity contribution in [3.8, 4) is 0 Å². The molecule has 1 amide bonds. The summed E-state index contributed by atoms with van der Waals surface area (Å²) in [6.07, 6.45) is 1.24. The van der Waals surface area contributed by atoms with Crippen molar-refractivity contribution in [3.63, 3.8) is 0 Å². The van der Waals surface area contributed by atoms with Gasteiger partial charge in [-0.3, -0.25) is 14.5 Å². The van der Waals surface area contributed by atoms with Crippen LogP contribution in [0, 0.1) is 23.5 Å². The van der Waals surface area contributed by atoms with Crippen LogP contribution in [0.2, 0.25) is 0 Å². The second kappa shape index (κ2) is 9.45. The Hall–Kier alpha value is -2.80. The zero-order valence-electron chi connectivity index (χ0n) is 19.3. The second-order valence-corrected chi connectivity index (χ2v) is 9.88. The molecule has 0 aromatic heterocycles. The van der Waals surface area contributed by atoms with Gasteiger partial charge in [0, 0.05) is 38.6 Å². The van der Waals surface area contributed by atoms with E-state index >= 15 is 0 Å². The van der Waals surface area contributed by atoms with Gasteiger partial charge >= 0.3 is 5.97 Å². The molecule has 2 aromatic carbocycles. The van der Waals surface area contributed by atoms with E-state index in [1.165, 1.54) is 24.3 Å². The SMILES string of the molecule is CC(CN1CCN(C(=O)C2CC2c2cccc(F)c2)CC1)OC(=O)C1CC1c1cccc(F)c1. The van der Waals surface area contributed by atoms with Crippen LogP contribution in [0.1, 0.15) is 42.7 Å². The van der Waals surface area contributed by atoms with Gasteiger partial charge < -0.3 is 9.64 Å². The van der Waals surface area contributed by atoms with Crippen LogP contribution in [-0.4, -0.2) is 60.5 Å². The van der Waals surface area contributed by atoms with E-state index < -0.39 is 0 Å². The Morgan fingerprint density at radius 1 is 0.912 bits per heavy atom. The van der Waals surface area contributed by atoms with Gasteiger partial charge in [0.15, 0.2) is 0 Å². The molecule has 1 aliphatic heterocycles. The maximum Gasteiger partial charge on any atom is 0.309 e. The molecule has 0 radical (unpaired) electrons. The Kier molecular flexibility index (Phi) is 6.38. The minimum absolute atomic E-state index is 0.0437. The van der Waals surface area contributed by atoms with E-state index in [-0.39, 0.29) is 53.3 Å². The van der Waals surface area contributed by atoms with Crippen molar-refractivity contribution in [1.29, 1.82) is 0 Å². The summed E-state index contributed by atoms with van der Waals surface area (Å²) < 4.78 is 32.6. The first-order chi connectivity index (χ1) is 16.4. The minimum Gasteiger partial charge on any atom is -0.461 e.